The molecule has 1 amide bonds. The number of para-hydroxylation sites is 1. The lowest BCUT2D eigenvalue weighted by molar-refractivity contribution is 0.0935. The molecule has 0 saturated heterocycles. The second-order valence-electron chi connectivity index (χ2n) is 4.70. The standard InChI is InChI=1S/C16H16N2O3/c1-20-10-7-8-12(14(9-10)21-2)15-17-13-6-4-3-5-11(13)16(19)18-15/h3-9,15,17H,1-2H3,(H,18,19)/t15-/m1/s1. The van der Waals surface area contributed by atoms with Gasteiger partial charge in [-0.25, -0.2) is 0 Å². The number of hydrogen-bond acceptors (Lipinski definition) is 4. The van der Waals surface area contributed by atoms with E-state index in [2.05, 4.69) is 10.6 Å². The number of carbonyl (C=O) groups excluding carboxylic acids is 1. The van der Waals surface area contributed by atoms with Gasteiger partial charge in [-0.15, -0.1) is 0 Å². The van der Waals surface area contributed by atoms with Gasteiger partial charge in [0.25, 0.3) is 5.91 Å². The van der Waals surface area contributed by atoms with Crippen LogP contribution in [-0.4, -0.2) is 20.1 Å². The van der Waals surface area contributed by atoms with Crippen molar-refractivity contribution in [2.45, 2.75) is 6.17 Å². The zero-order valence-corrected chi connectivity index (χ0v) is 11.8. The van der Waals surface area contributed by atoms with E-state index in [4.69, 9.17) is 9.47 Å². The quantitative estimate of drug-likeness (QED) is 0.909. The van der Waals surface area contributed by atoms with Crippen LogP contribution in [0.1, 0.15) is 22.1 Å². The summed E-state index contributed by atoms with van der Waals surface area (Å²) in [7, 11) is 3.20. The minimum absolute atomic E-state index is 0.104. The largest absolute Gasteiger partial charge is 0.497 e. The summed E-state index contributed by atoms with van der Waals surface area (Å²) in [4.78, 5) is 12.2. The molecule has 5 nitrogen and oxygen atoms in total. The van der Waals surface area contributed by atoms with Crippen LogP contribution in [-0.2, 0) is 0 Å². The Morgan fingerprint density at radius 2 is 1.81 bits per heavy atom. The van der Waals surface area contributed by atoms with E-state index in [0.717, 1.165) is 11.3 Å². The Morgan fingerprint density at radius 1 is 1.00 bits per heavy atom. The fourth-order valence-corrected chi connectivity index (χ4v) is 2.42. The molecule has 0 spiro atoms. The van der Waals surface area contributed by atoms with Crippen LogP contribution < -0.4 is 20.1 Å². The smallest absolute Gasteiger partial charge is 0.255 e. The Balaban J connectivity index is 1.98. The van der Waals surface area contributed by atoms with Crippen molar-refractivity contribution in [3.63, 3.8) is 0 Å². The number of nitrogens with one attached hydrogen (secondary N) is 2. The highest BCUT2D eigenvalue weighted by atomic mass is 16.5. The van der Waals surface area contributed by atoms with Gasteiger partial charge in [0, 0.05) is 17.3 Å². The first kappa shape index (κ1) is 13.3. The molecule has 1 aliphatic heterocycles. The Hall–Kier alpha value is -2.69. The molecule has 2 aromatic rings. The van der Waals surface area contributed by atoms with Crippen molar-refractivity contribution in [2.24, 2.45) is 0 Å². The summed E-state index contributed by atoms with van der Waals surface area (Å²) < 4.78 is 10.6. The normalized spacial score (nSPS) is 16.5. The lowest BCUT2D eigenvalue weighted by Gasteiger charge is -2.29. The number of fused-ring (bicyclic) bond motifs is 1. The van der Waals surface area contributed by atoms with Crippen molar-refractivity contribution in [3.8, 4) is 11.5 Å². The number of hydrogen-bond donors (Lipinski definition) is 2. The summed E-state index contributed by atoms with van der Waals surface area (Å²) in [5.41, 5.74) is 2.30. The van der Waals surface area contributed by atoms with Gasteiger partial charge in [-0.05, 0) is 24.3 Å². The zero-order chi connectivity index (χ0) is 14.8. The van der Waals surface area contributed by atoms with Crippen molar-refractivity contribution < 1.29 is 14.3 Å². The van der Waals surface area contributed by atoms with Crippen molar-refractivity contribution in [1.29, 1.82) is 0 Å². The van der Waals surface area contributed by atoms with Crippen LogP contribution in [0.4, 0.5) is 5.69 Å². The first-order valence-electron chi connectivity index (χ1n) is 6.61. The summed E-state index contributed by atoms with van der Waals surface area (Å²) in [6.45, 7) is 0. The molecule has 1 aliphatic rings. The molecule has 0 saturated carbocycles. The van der Waals surface area contributed by atoms with Crippen LogP contribution in [0.2, 0.25) is 0 Å². The maximum Gasteiger partial charge on any atom is 0.255 e. The molecule has 0 aromatic heterocycles. The van der Waals surface area contributed by atoms with Gasteiger partial charge in [-0.2, -0.15) is 0 Å². The van der Waals surface area contributed by atoms with Crippen LogP contribution in [0.15, 0.2) is 42.5 Å². The van der Waals surface area contributed by atoms with Gasteiger partial charge in [0.15, 0.2) is 0 Å². The SMILES string of the molecule is COc1ccc([C@H]2NC(=O)c3ccccc3N2)c(OC)c1. The van der Waals surface area contributed by atoms with E-state index in [1.165, 1.54) is 0 Å². The topological polar surface area (TPSA) is 59.6 Å². The van der Waals surface area contributed by atoms with Gasteiger partial charge < -0.3 is 20.1 Å². The molecule has 0 bridgehead atoms. The molecule has 3 rings (SSSR count). The number of benzene rings is 2. The van der Waals surface area contributed by atoms with E-state index >= 15 is 0 Å². The molecular formula is C16H16N2O3. The van der Waals surface area contributed by atoms with E-state index in [1.807, 2.05) is 30.3 Å². The van der Waals surface area contributed by atoms with Gasteiger partial charge in [0.05, 0.1) is 19.8 Å². The van der Waals surface area contributed by atoms with Crippen LogP contribution in [0.3, 0.4) is 0 Å². The van der Waals surface area contributed by atoms with Crippen molar-refractivity contribution in [3.05, 3.63) is 53.6 Å². The number of anilines is 1. The minimum atomic E-state index is -0.340. The molecule has 5 heteroatoms. The van der Waals surface area contributed by atoms with Crippen LogP contribution >= 0.6 is 0 Å². The summed E-state index contributed by atoms with van der Waals surface area (Å²) in [5, 5.41) is 6.23. The van der Waals surface area contributed by atoms with Gasteiger partial charge in [0.2, 0.25) is 0 Å². The Labute approximate surface area is 122 Å². The molecule has 2 N–H and O–H groups in total. The summed E-state index contributed by atoms with van der Waals surface area (Å²) in [6.07, 6.45) is -0.340. The second-order valence-corrected chi connectivity index (χ2v) is 4.70. The van der Waals surface area contributed by atoms with Gasteiger partial charge in [-0.1, -0.05) is 12.1 Å². The molecule has 108 valence electrons. The van der Waals surface area contributed by atoms with Crippen molar-refractivity contribution in [1.82, 2.24) is 5.32 Å². The van der Waals surface area contributed by atoms with Crippen LogP contribution in [0.25, 0.3) is 0 Å². The van der Waals surface area contributed by atoms with E-state index < -0.39 is 0 Å². The first-order chi connectivity index (χ1) is 10.2. The van der Waals surface area contributed by atoms with E-state index in [-0.39, 0.29) is 12.1 Å². The Kier molecular flexibility index (Phi) is 3.39. The van der Waals surface area contributed by atoms with Crippen molar-refractivity contribution in [2.75, 3.05) is 19.5 Å². The molecule has 1 heterocycles. The van der Waals surface area contributed by atoms with Gasteiger partial charge in [-0.3, -0.25) is 4.79 Å². The number of ether oxygens (including phenoxy) is 2. The number of methoxy groups -OCH3 is 2. The zero-order valence-electron chi connectivity index (χ0n) is 11.8. The summed E-state index contributed by atoms with van der Waals surface area (Å²) >= 11 is 0. The third-order valence-corrected chi connectivity index (χ3v) is 3.50. The molecule has 21 heavy (non-hydrogen) atoms. The van der Waals surface area contributed by atoms with Crippen LogP contribution in [0, 0.1) is 0 Å². The average Bonchev–Trinajstić information content (AvgIpc) is 2.54. The maximum atomic E-state index is 12.2. The number of amides is 1. The second kappa shape index (κ2) is 5.36. The van der Waals surface area contributed by atoms with Crippen molar-refractivity contribution >= 4 is 11.6 Å². The van der Waals surface area contributed by atoms with E-state index in [9.17, 15) is 4.79 Å². The molecule has 0 fully saturated rings. The Morgan fingerprint density at radius 3 is 2.57 bits per heavy atom. The predicted octanol–water partition coefficient (Wildman–Crippen LogP) is 2.56. The summed E-state index contributed by atoms with van der Waals surface area (Å²) in [5.74, 6) is 1.26. The fraction of sp³-hybridized carbons (Fsp3) is 0.188. The highest BCUT2D eigenvalue weighted by Gasteiger charge is 2.26. The lowest BCUT2D eigenvalue weighted by atomic mass is 10.0. The average molecular weight is 284 g/mol. The Bertz CT molecular complexity index is 685. The third-order valence-electron chi connectivity index (χ3n) is 3.50. The highest BCUT2D eigenvalue weighted by Crippen LogP contribution is 2.33. The third kappa shape index (κ3) is 2.38. The van der Waals surface area contributed by atoms with Crippen LogP contribution in [0.5, 0.6) is 11.5 Å². The number of carbonyl (C=O) groups is 1. The van der Waals surface area contributed by atoms with E-state index in [1.54, 1.807) is 26.4 Å². The molecule has 2 aromatic carbocycles. The van der Waals surface area contributed by atoms with Gasteiger partial charge in [0.1, 0.15) is 17.7 Å². The summed E-state index contributed by atoms with van der Waals surface area (Å²) in [6, 6.07) is 12.9. The molecule has 0 unspecified atom stereocenters. The molecular weight excluding hydrogens is 268 g/mol. The van der Waals surface area contributed by atoms with Gasteiger partial charge >= 0.3 is 0 Å². The molecule has 0 radical (unpaired) electrons. The molecule has 1 atom stereocenters. The fourth-order valence-electron chi connectivity index (χ4n) is 2.42. The lowest BCUT2D eigenvalue weighted by Crippen LogP contribution is -2.38. The monoisotopic (exact) mass is 284 g/mol. The van der Waals surface area contributed by atoms with E-state index in [0.29, 0.717) is 17.1 Å². The highest BCUT2D eigenvalue weighted by molar-refractivity contribution is 6.01. The predicted molar refractivity (Wildman–Crippen MR) is 79.8 cm³/mol. The number of rotatable bonds is 3. The first-order valence-corrected chi connectivity index (χ1v) is 6.61. The molecule has 0 aliphatic carbocycles. The minimum Gasteiger partial charge on any atom is -0.497 e. The maximum absolute atomic E-state index is 12.2.